The van der Waals surface area contributed by atoms with Gasteiger partial charge in [-0.2, -0.15) is 0 Å². The number of amides is 4. The minimum Gasteiger partial charge on any atom is -0.497 e. The zero-order valence-corrected chi connectivity index (χ0v) is 19.9. The van der Waals surface area contributed by atoms with Crippen molar-refractivity contribution in [2.45, 2.75) is 25.7 Å². The summed E-state index contributed by atoms with van der Waals surface area (Å²) in [5.74, 6) is -0.128. The Kier molecular flexibility index (Phi) is 7.19. The Bertz CT molecular complexity index is 971. The van der Waals surface area contributed by atoms with Crippen LogP contribution in [0.25, 0.3) is 0 Å². The van der Waals surface area contributed by atoms with Crippen LogP contribution < -0.4 is 25.9 Å². The van der Waals surface area contributed by atoms with Crippen molar-refractivity contribution in [3.05, 3.63) is 54.1 Å². The quantitative estimate of drug-likeness (QED) is 0.532. The van der Waals surface area contributed by atoms with Crippen molar-refractivity contribution >= 4 is 36.8 Å². The van der Waals surface area contributed by atoms with Crippen molar-refractivity contribution < 1.29 is 19.1 Å². The number of hydrogen-bond donors (Lipinski definition) is 3. The highest BCUT2D eigenvalue weighted by atomic mass is 28.3. The predicted molar refractivity (Wildman–Crippen MR) is 127 cm³/mol. The van der Waals surface area contributed by atoms with Gasteiger partial charge in [0.25, 0.3) is 5.91 Å². The van der Waals surface area contributed by atoms with Gasteiger partial charge in [-0.1, -0.05) is 49.1 Å². The number of urea groups is 1. The van der Waals surface area contributed by atoms with E-state index in [0.717, 1.165) is 0 Å². The predicted octanol–water partition coefficient (Wildman–Crippen LogP) is 2.06. The second-order valence-electron chi connectivity index (χ2n) is 8.74. The van der Waals surface area contributed by atoms with Gasteiger partial charge in [-0.3, -0.25) is 9.59 Å². The monoisotopic (exact) mass is 454 g/mol. The van der Waals surface area contributed by atoms with Crippen LogP contribution in [-0.2, 0) is 9.59 Å². The van der Waals surface area contributed by atoms with Crippen LogP contribution in [0.2, 0.25) is 19.6 Å². The Morgan fingerprint density at radius 1 is 1.09 bits per heavy atom. The smallest absolute Gasteiger partial charge is 0.317 e. The van der Waals surface area contributed by atoms with Crippen LogP contribution in [-0.4, -0.2) is 57.6 Å². The van der Waals surface area contributed by atoms with E-state index < -0.39 is 20.0 Å². The highest BCUT2D eigenvalue weighted by Gasteiger charge is 2.27. The third-order valence-electron chi connectivity index (χ3n) is 5.31. The van der Waals surface area contributed by atoms with E-state index in [2.05, 4.69) is 35.6 Å². The molecule has 4 amide bonds. The van der Waals surface area contributed by atoms with E-state index in [4.69, 9.17) is 4.74 Å². The molecule has 8 nitrogen and oxygen atoms in total. The summed E-state index contributed by atoms with van der Waals surface area (Å²) < 4.78 is 5.19. The topological polar surface area (TPSA) is 99.8 Å². The van der Waals surface area contributed by atoms with Crippen molar-refractivity contribution in [3.8, 4) is 5.75 Å². The van der Waals surface area contributed by atoms with Crippen LogP contribution in [0.3, 0.4) is 0 Å². The molecule has 0 bridgehead atoms. The molecule has 2 aromatic rings. The summed E-state index contributed by atoms with van der Waals surface area (Å²) in [6, 6.07) is 13.6. The van der Waals surface area contributed by atoms with Crippen molar-refractivity contribution in [2.75, 3.05) is 32.1 Å². The minimum absolute atomic E-state index is 0.114. The molecule has 1 fully saturated rings. The van der Waals surface area contributed by atoms with Gasteiger partial charge >= 0.3 is 6.03 Å². The largest absolute Gasteiger partial charge is 0.497 e. The molecule has 3 N–H and O–H groups in total. The Hall–Kier alpha value is -3.33. The molecule has 2 aromatic carbocycles. The van der Waals surface area contributed by atoms with E-state index in [-0.39, 0.29) is 18.5 Å². The number of nitrogens with one attached hydrogen (secondary N) is 3. The highest BCUT2D eigenvalue weighted by Crippen LogP contribution is 2.20. The molecule has 9 heteroatoms. The molecular weight excluding hydrogens is 424 g/mol. The summed E-state index contributed by atoms with van der Waals surface area (Å²) in [4.78, 5) is 38.9. The fraction of sp³-hybridized carbons (Fsp3) is 0.348. The number of carbonyl (C=O) groups is 3. The Morgan fingerprint density at radius 3 is 2.28 bits per heavy atom. The van der Waals surface area contributed by atoms with Crippen LogP contribution >= 0.6 is 0 Å². The molecule has 3 rings (SSSR count). The van der Waals surface area contributed by atoms with Crippen LogP contribution in [0.1, 0.15) is 11.6 Å². The zero-order chi connectivity index (χ0) is 23.3. The van der Waals surface area contributed by atoms with Gasteiger partial charge in [-0.25, -0.2) is 4.79 Å². The average molecular weight is 455 g/mol. The number of ether oxygens (including phenoxy) is 1. The normalized spacial score (nSPS) is 14.5. The van der Waals surface area contributed by atoms with E-state index in [0.29, 0.717) is 30.1 Å². The zero-order valence-electron chi connectivity index (χ0n) is 18.9. The Morgan fingerprint density at radius 2 is 1.75 bits per heavy atom. The molecule has 1 aliphatic heterocycles. The molecule has 0 saturated carbocycles. The lowest BCUT2D eigenvalue weighted by atomic mass is 10.1. The van der Waals surface area contributed by atoms with Crippen molar-refractivity contribution in [1.82, 2.24) is 15.5 Å². The van der Waals surface area contributed by atoms with Gasteiger partial charge in [0.05, 0.1) is 15.2 Å². The highest BCUT2D eigenvalue weighted by molar-refractivity contribution is 6.88. The van der Waals surface area contributed by atoms with Crippen molar-refractivity contribution in [3.63, 3.8) is 0 Å². The molecule has 1 aliphatic rings. The van der Waals surface area contributed by atoms with Crippen LogP contribution in [0.5, 0.6) is 5.75 Å². The molecule has 0 radical (unpaired) electrons. The van der Waals surface area contributed by atoms with E-state index in [9.17, 15) is 14.4 Å². The second-order valence-corrected chi connectivity index (χ2v) is 13.8. The Balaban J connectivity index is 1.76. The summed E-state index contributed by atoms with van der Waals surface area (Å²) >= 11 is 0. The maximum absolute atomic E-state index is 13.1. The van der Waals surface area contributed by atoms with Gasteiger partial charge in [0.2, 0.25) is 5.91 Å². The van der Waals surface area contributed by atoms with Gasteiger partial charge < -0.3 is 25.6 Å². The van der Waals surface area contributed by atoms with E-state index in [1.54, 1.807) is 31.4 Å². The number of hydrogen-bond acceptors (Lipinski definition) is 4. The number of carbonyl (C=O) groups excluding carboxylic acids is 3. The number of nitrogens with zero attached hydrogens (tertiary/aromatic N) is 1. The first-order valence-corrected chi connectivity index (χ1v) is 14.0. The van der Waals surface area contributed by atoms with E-state index in [1.807, 2.05) is 24.3 Å². The average Bonchev–Trinajstić information content (AvgIpc) is 3.16. The SMILES string of the molecule is COc1ccc(C(NC(=O)CN2CCNC2=O)C(=O)Nc2ccc([Si](C)(C)C)cc2)cc1. The fourth-order valence-corrected chi connectivity index (χ4v) is 4.57. The van der Waals surface area contributed by atoms with Crippen LogP contribution in [0.4, 0.5) is 10.5 Å². The summed E-state index contributed by atoms with van der Waals surface area (Å²) in [6.07, 6.45) is 0. The molecule has 1 heterocycles. The maximum Gasteiger partial charge on any atom is 0.317 e. The molecule has 1 saturated heterocycles. The third kappa shape index (κ3) is 5.88. The molecule has 170 valence electrons. The lowest BCUT2D eigenvalue weighted by molar-refractivity contribution is -0.126. The minimum atomic E-state index is -1.44. The van der Waals surface area contributed by atoms with Gasteiger partial charge in [0.1, 0.15) is 18.3 Å². The molecule has 1 atom stereocenters. The van der Waals surface area contributed by atoms with Gasteiger partial charge in [-0.15, -0.1) is 0 Å². The number of benzene rings is 2. The Labute approximate surface area is 189 Å². The lowest BCUT2D eigenvalue weighted by Crippen LogP contribution is -2.43. The van der Waals surface area contributed by atoms with Crippen molar-refractivity contribution in [2.24, 2.45) is 0 Å². The fourth-order valence-electron chi connectivity index (χ4n) is 3.41. The molecule has 32 heavy (non-hydrogen) atoms. The maximum atomic E-state index is 13.1. The van der Waals surface area contributed by atoms with E-state index >= 15 is 0 Å². The molecule has 0 aromatic heterocycles. The second kappa shape index (κ2) is 9.86. The number of methoxy groups -OCH3 is 1. The summed E-state index contributed by atoms with van der Waals surface area (Å²) in [5.41, 5.74) is 1.27. The molecule has 1 unspecified atom stereocenters. The first-order valence-electron chi connectivity index (χ1n) is 10.5. The standard InChI is InChI=1S/C23H30N4O4Si/c1-31-18-9-5-16(6-10-18)21(26-20(28)15-27-14-13-24-23(27)30)22(29)25-17-7-11-19(12-8-17)32(2,3)4/h5-12,21H,13-15H2,1-4H3,(H,24,30)(H,25,29)(H,26,28). The number of rotatable bonds is 8. The van der Waals surface area contributed by atoms with Gasteiger partial charge in [0.15, 0.2) is 0 Å². The van der Waals surface area contributed by atoms with Crippen LogP contribution in [0.15, 0.2) is 48.5 Å². The number of anilines is 1. The summed E-state index contributed by atoms with van der Waals surface area (Å²) in [7, 11) is 0.118. The lowest BCUT2D eigenvalue weighted by Gasteiger charge is -2.22. The first-order chi connectivity index (χ1) is 15.2. The summed E-state index contributed by atoms with van der Waals surface area (Å²) in [5, 5.41) is 9.61. The molecular formula is C23H30N4O4Si. The molecule has 0 aliphatic carbocycles. The molecule has 0 spiro atoms. The third-order valence-corrected chi connectivity index (χ3v) is 7.38. The van der Waals surface area contributed by atoms with Crippen LogP contribution in [0, 0.1) is 0 Å². The summed E-state index contributed by atoms with van der Waals surface area (Å²) in [6.45, 7) is 7.62. The van der Waals surface area contributed by atoms with E-state index in [1.165, 1.54) is 10.1 Å². The van der Waals surface area contributed by atoms with Gasteiger partial charge in [0, 0.05) is 18.8 Å². The van der Waals surface area contributed by atoms with Gasteiger partial charge in [-0.05, 0) is 29.8 Å². The first kappa shape index (κ1) is 23.3. The van der Waals surface area contributed by atoms with Crippen molar-refractivity contribution in [1.29, 1.82) is 0 Å².